The van der Waals surface area contributed by atoms with E-state index in [9.17, 15) is 0 Å². The lowest BCUT2D eigenvalue weighted by Gasteiger charge is -2.04. The summed E-state index contributed by atoms with van der Waals surface area (Å²) in [7, 11) is 0. The van der Waals surface area contributed by atoms with Crippen molar-refractivity contribution in [3.63, 3.8) is 0 Å². The summed E-state index contributed by atoms with van der Waals surface area (Å²) >= 11 is 4.97. The molecule has 0 unspecified atom stereocenters. The van der Waals surface area contributed by atoms with Gasteiger partial charge in [0.15, 0.2) is 0 Å². The molecule has 0 radical (unpaired) electrons. The van der Waals surface area contributed by atoms with Crippen molar-refractivity contribution >= 4 is 17.2 Å². The molecule has 2 rings (SSSR count). The molecule has 0 bridgehead atoms. The van der Waals surface area contributed by atoms with Crippen LogP contribution in [0.15, 0.2) is 48.5 Å². The molecule has 0 saturated carbocycles. The number of aryl methyl sites for hydroxylation is 1. The van der Waals surface area contributed by atoms with Crippen LogP contribution in [0.1, 0.15) is 11.1 Å². The number of hydrogen-bond acceptors (Lipinski definition) is 1. The SMILES string of the molecule is Cc1ccc(-c2cccc(C(N)=S)c2)cc1. The van der Waals surface area contributed by atoms with Crippen LogP contribution in [0.25, 0.3) is 11.1 Å². The van der Waals surface area contributed by atoms with Gasteiger partial charge in [-0.05, 0) is 24.1 Å². The fraction of sp³-hybridized carbons (Fsp3) is 0.0714. The van der Waals surface area contributed by atoms with Crippen LogP contribution in [0.4, 0.5) is 0 Å². The summed E-state index contributed by atoms with van der Waals surface area (Å²) < 4.78 is 0. The lowest BCUT2D eigenvalue weighted by atomic mass is 10.0. The zero-order valence-electron chi connectivity index (χ0n) is 9.10. The van der Waals surface area contributed by atoms with Gasteiger partial charge in [-0.15, -0.1) is 0 Å². The Labute approximate surface area is 101 Å². The van der Waals surface area contributed by atoms with E-state index in [0.29, 0.717) is 4.99 Å². The quantitative estimate of drug-likeness (QED) is 0.797. The molecule has 2 aromatic carbocycles. The minimum absolute atomic E-state index is 0.439. The molecule has 0 amide bonds. The first kappa shape index (κ1) is 10.8. The molecule has 0 atom stereocenters. The van der Waals surface area contributed by atoms with Gasteiger partial charge in [-0.3, -0.25) is 0 Å². The highest BCUT2D eigenvalue weighted by Crippen LogP contribution is 2.20. The van der Waals surface area contributed by atoms with Gasteiger partial charge in [0.05, 0.1) is 0 Å². The third kappa shape index (κ3) is 2.28. The largest absolute Gasteiger partial charge is 0.389 e. The first-order valence-corrected chi connectivity index (χ1v) is 5.54. The normalized spacial score (nSPS) is 10.1. The van der Waals surface area contributed by atoms with Crippen LogP contribution in [0.2, 0.25) is 0 Å². The van der Waals surface area contributed by atoms with Crippen LogP contribution in [0.3, 0.4) is 0 Å². The van der Waals surface area contributed by atoms with Gasteiger partial charge in [0.2, 0.25) is 0 Å². The van der Waals surface area contributed by atoms with E-state index >= 15 is 0 Å². The molecular formula is C14H13NS. The van der Waals surface area contributed by atoms with E-state index in [1.165, 1.54) is 11.1 Å². The molecule has 0 spiro atoms. The number of benzene rings is 2. The zero-order valence-corrected chi connectivity index (χ0v) is 9.92. The first-order valence-electron chi connectivity index (χ1n) is 5.14. The van der Waals surface area contributed by atoms with Crippen LogP contribution in [-0.2, 0) is 0 Å². The van der Waals surface area contributed by atoms with Crippen LogP contribution in [0.5, 0.6) is 0 Å². The monoisotopic (exact) mass is 227 g/mol. The molecule has 0 aliphatic heterocycles. The van der Waals surface area contributed by atoms with Gasteiger partial charge in [-0.25, -0.2) is 0 Å². The third-order valence-electron chi connectivity index (χ3n) is 2.53. The van der Waals surface area contributed by atoms with Gasteiger partial charge in [-0.1, -0.05) is 60.2 Å². The number of hydrogen-bond donors (Lipinski definition) is 1. The topological polar surface area (TPSA) is 26.0 Å². The highest BCUT2D eigenvalue weighted by atomic mass is 32.1. The van der Waals surface area contributed by atoms with Crippen molar-refractivity contribution in [2.45, 2.75) is 6.92 Å². The van der Waals surface area contributed by atoms with Crippen LogP contribution in [-0.4, -0.2) is 4.99 Å². The summed E-state index contributed by atoms with van der Waals surface area (Å²) in [5.41, 5.74) is 10.1. The van der Waals surface area contributed by atoms with Gasteiger partial charge in [0, 0.05) is 5.56 Å². The Balaban J connectivity index is 2.44. The van der Waals surface area contributed by atoms with Crippen molar-refractivity contribution in [2.75, 3.05) is 0 Å². The van der Waals surface area contributed by atoms with Crippen molar-refractivity contribution in [3.8, 4) is 11.1 Å². The fourth-order valence-corrected chi connectivity index (χ4v) is 1.73. The van der Waals surface area contributed by atoms with Gasteiger partial charge in [0.25, 0.3) is 0 Å². The summed E-state index contributed by atoms with van der Waals surface area (Å²) in [4.78, 5) is 0.439. The molecule has 2 N–H and O–H groups in total. The second-order valence-corrected chi connectivity index (χ2v) is 4.25. The van der Waals surface area contributed by atoms with E-state index in [1.807, 2.05) is 18.2 Å². The molecule has 0 aromatic heterocycles. The molecule has 0 saturated heterocycles. The number of rotatable bonds is 2. The molecule has 16 heavy (non-hydrogen) atoms. The van der Waals surface area contributed by atoms with Crippen molar-refractivity contribution < 1.29 is 0 Å². The van der Waals surface area contributed by atoms with E-state index in [0.717, 1.165) is 11.1 Å². The molecule has 2 heteroatoms. The van der Waals surface area contributed by atoms with Crippen molar-refractivity contribution in [1.29, 1.82) is 0 Å². The summed E-state index contributed by atoms with van der Waals surface area (Å²) in [6.45, 7) is 2.08. The molecule has 80 valence electrons. The molecular weight excluding hydrogens is 214 g/mol. The molecule has 0 heterocycles. The van der Waals surface area contributed by atoms with Crippen molar-refractivity contribution in [3.05, 3.63) is 59.7 Å². The maximum absolute atomic E-state index is 5.62. The van der Waals surface area contributed by atoms with E-state index < -0.39 is 0 Å². The standard InChI is InChI=1S/C14H13NS/c1-10-5-7-11(8-6-10)12-3-2-4-13(9-12)14(15)16/h2-9H,1H3,(H2,15,16). The average molecular weight is 227 g/mol. The molecule has 0 aliphatic carbocycles. The lowest BCUT2D eigenvalue weighted by Crippen LogP contribution is -2.08. The Morgan fingerprint density at radius 2 is 1.69 bits per heavy atom. The zero-order chi connectivity index (χ0) is 11.5. The van der Waals surface area contributed by atoms with Crippen LogP contribution >= 0.6 is 12.2 Å². The predicted octanol–water partition coefficient (Wildman–Crippen LogP) is 3.30. The van der Waals surface area contributed by atoms with Crippen LogP contribution < -0.4 is 5.73 Å². The Hall–Kier alpha value is -1.67. The minimum atomic E-state index is 0.439. The smallest absolute Gasteiger partial charge is 0.104 e. The highest BCUT2D eigenvalue weighted by Gasteiger charge is 2.00. The number of nitrogens with two attached hydrogens (primary N) is 1. The molecule has 0 aliphatic rings. The molecule has 1 nitrogen and oxygen atoms in total. The Kier molecular flexibility index (Phi) is 3.02. The average Bonchev–Trinajstić information content (AvgIpc) is 2.30. The van der Waals surface area contributed by atoms with E-state index in [-0.39, 0.29) is 0 Å². The van der Waals surface area contributed by atoms with E-state index in [4.69, 9.17) is 18.0 Å². The Bertz CT molecular complexity index is 515. The maximum Gasteiger partial charge on any atom is 0.104 e. The van der Waals surface area contributed by atoms with Crippen molar-refractivity contribution in [2.24, 2.45) is 5.73 Å². The molecule has 2 aromatic rings. The predicted molar refractivity (Wildman–Crippen MR) is 72.5 cm³/mol. The van der Waals surface area contributed by atoms with E-state index in [2.05, 4.69) is 37.3 Å². The Morgan fingerprint density at radius 1 is 1.00 bits per heavy atom. The minimum Gasteiger partial charge on any atom is -0.389 e. The van der Waals surface area contributed by atoms with Gasteiger partial charge in [0.1, 0.15) is 4.99 Å². The Morgan fingerprint density at radius 3 is 2.31 bits per heavy atom. The third-order valence-corrected chi connectivity index (χ3v) is 2.77. The summed E-state index contributed by atoms with van der Waals surface area (Å²) in [5, 5.41) is 0. The van der Waals surface area contributed by atoms with E-state index in [1.54, 1.807) is 0 Å². The molecule has 0 fully saturated rings. The fourth-order valence-electron chi connectivity index (χ4n) is 1.60. The second kappa shape index (κ2) is 4.45. The highest BCUT2D eigenvalue weighted by molar-refractivity contribution is 7.80. The van der Waals surface area contributed by atoms with Gasteiger partial charge in [-0.2, -0.15) is 0 Å². The number of thiocarbonyl (C=S) groups is 1. The summed E-state index contributed by atoms with van der Waals surface area (Å²) in [6.07, 6.45) is 0. The lowest BCUT2D eigenvalue weighted by molar-refractivity contribution is 1.47. The summed E-state index contributed by atoms with van der Waals surface area (Å²) in [5.74, 6) is 0. The second-order valence-electron chi connectivity index (χ2n) is 3.81. The first-order chi connectivity index (χ1) is 7.66. The van der Waals surface area contributed by atoms with Gasteiger partial charge < -0.3 is 5.73 Å². The maximum atomic E-state index is 5.62. The van der Waals surface area contributed by atoms with Crippen LogP contribution in [0, 0.1) is 6.92 Å². The summed E-state index contributed by atoms with van der Waals surface area (Å²) in [6, 6.07) is 16.4. The van der Waals surface area contributed by atoms with Crippen molar-refractivity contribution in [1.82, 2.24) is 0 Å². The van der Waals surface area contributed by atoms with Gasteiger partial charge >= 0.3 is 0 Å².